The molecule has 1 atom stereocenters. The Labute approximate surface area is 163 Å². The van der Waals surface area contributed by atoms with Gasteiger partial charge in [0.1, 0.15) is 11.8 Å². The first-order valence-electron chi connectivity index (χ1n) is 10.1. The van der Waals surface area contributed by atoms with Crippen molar-refractivity contribution in [3.8, 4) is 5.75 Å². The van der Waals surface area contributed by atoms with Crippen LogP contribution >= 0.6 is 0 Å². The third kappa shape index (κ3) is 8.46. The van der Waals surface area contributed by atoms with Crippen LogP contribution in [0.1, 0.15) is 76.1 Å². The van der Waals surface area contributed by atoms with E-state index < -0.39 is 6.04 Å². The van der Waals surface area contributed by atoms with E-state index in [4.69, 9.17) is 9.47 Å². The van der Waals surface area contributed by atoms with Crippen molar-refractivity contribution in [3.63, 3.8) is 0 Å². The van der Waals surface area contributed by atoms with E-state index in [2.05, 4.69) is 12.2 Å². The maximum atomic E-state index is 12.5. The Morgan fingerprint density at radius 2 is 1.63 bits per heavy atom. The molecule has 0 heterocycles. The third-order valence-corrected chi connectivity index (χ3v) is 4.55. The van der Waals surface area contributed by atoms with Crippen molar-refractivity contribution in [2.45, 2.75) is 71.8 Å². The molecule has 0 spiro atoms. The summed E-state index contributed by atoms with van der Waals surface area (Å²) in [6, 6.07) is 6.28. The van der Waals surface area contributed by atoms with Crippen LogP contribution in [0.4, 0.5) is 0 Å². The summed E-state index contributed by atoms with van der Waals surface area (Å²) in [5.41, 5.74) is 0.408. The maximum absolute atomic E-state index is 12.5. The third-order valence-electron chi connectivity index (χ3n) is 4.55. The Bertz CT molecular complexity index is 571. The molecule has 1 N–H and O–H groups in total. The smallest absolute Gasteiger partial charge is 0.328 e. The highest BCUT2D eigenvalue weighted by Crippen LogP contribution is 2.18. The molecule has 27 heavy (non-hydrogen) atoms. The predicted molar refractivity (Wildman–Crippen MR) is 108 cm³/mol. The number of carbonyl (C=O) groups is 2. The molecular weight excluding hydrogens is 342 g/mol. The Hall–Kier alpha value is -2.04. The summed E-state index contributed by atoms with van der Waals surface area (Å²) in [4.78, 5) is 25.0. The Kier molecular flexibility index (Phi) is 11.2. The van der Waals surface area contributed by atoms with Crippen LogP contribution in [0.2, 0.25) is 0 Å². The van der Waals surface area contributed by atoms with Gasteiger partial charge in [-0.05, 0) is 24.5 Å². The number of esters is 1. The van der Waals surface area contributed by atoms with Crippen molar-refractivity contribution in [2.24, 2.45) is 5.92 Å². The molecule has 0 saturated carbocycles. The lowest BCUT2D eigenvalue weighted by molar-refractivity contribution is -0.147. The number of rotatable bonds is 13. The van der Waals surface area contributed by atoms with Gasteiger partial charge >= 0.3 is 5.97 Å². The van der Waals surface area contributed by atoms with Gasteiger partial charge in [0.25, 0.3) is 5.91 Å². The first-order chi connectivity index (χ1) is 13.0. The van der Waals surface area contributed by atoms with Gasteiger partial charge in [-0.1, -0.05) is 71.4 Å². The number of amides is 1. The lowest BCUT2D eigenvalue weighted by Crippen LogP contribution is -2.45. The van der Waals surface area contributed by atoms with Gasteiger partial charge in [-0.25, -0.2) is 4.79 Å². The van der Waals surface area contributed by atoms with Crippen molar-refractivity contribution in [1.29, 1.82) is 0 Å². The molecule has 5 nitrogen and oxygen atoms in total. The van der Waals surface area contributed by atoms with Crippen LogP contribution in [0.5, 0.6) is 5.75 Å². The lowest BCUT2D eigenvalue weighted by atomic mass is 10.0. The molecule has 0 aliphatic carbocycles. The maximum Gasteiger partial charge on any atom is 0.328 e. The molecule has 0 bridgehead atoms. The summed E-state index contributed by atoms with van der Waals surface area (Å²) in [5, 5.41) is 2.79. The molecule has 1 aromatic carbocycles. The van der Waals surface area contributed by atoms with Crippen molar-refractivity contribution in [1.82, 2.24) is 5.32 Å². The number of methoxy groups -OCH3 is 1. The van der Waals surface area contributed by atoms with Crippen molar-refractivity contribution >= 4 is 11.9 Å². The molecule has 5 heteroatoms. The number of hydrogen-bond acceptors (Lipinski definition) is 4. The second-order valence-corrected chi connectivity index (χ2v) is 7.18. The van der Waals surface area contributed by atoms with Gasteiger partial charge in [-0.2, -0.15) is 0 Å². The number of benzene rings is 1. The fraction of sp³-hybridized carbons (Fsp3) is 0.636. The van der Waals surface area contributed by atoms with Gasteiger partial charge in [0.05, 0.1) is 19.3 Å². The van der Waals surface area contributed by atoms with Gasteiger partial charge in [-0.3, -0.25) is 4.79 Å². The summed E-state index contributed by atoms with van der Waals surface area (Å²) >= 11 is 0. The van der Waals surface area contributed by atoms with Crippen LogP contribution in [-0.2, 0) is 9.53 Å². The van der Waals surface area contributed by atoms with E-state index in [0.29, 0.717) is 17.9 Å². The molecular formula is C22H35NO4. The molecule has 0 aliphatic rings. The van der Waals surface area contributed by atoms with Gasteiger partial charge < -0.3 is 14.8 Å². The zero-order valence-corrected chi connectivity index (χ0v) is 17.3. The zero-order valence-electron chi connectivity index (χ0n) is 17.3. The van der Waals surface area contributed by atoms with Crippen LogP contribution < -0.4 is 10.1 Å². The van der Waals surface area contributed by atoms with Gasteiger partial charge in [0.2, 0.25) is 0 Å². The Morgan fingerprint density at radius 3 is 2.26 bits per heavy atom. The average Bonchev–Trinajstić information content (AvgIpc) is 2.67. The summed E-state index contributed by atoms with van der Waals surface area (Å²) in [7, 11) is 1.52. The number of para-hydroxylation sites is 1. The molecule has 1 amide bonds. The minimum Gasteiger partial charge on any atom is -0.496 e. The van der Waals surface area contributed by atoms with Crippen LogP contribution in [0.15, 0.2) is 24.3 Å². The minimum atomic E-state index is -0.674. The highest BCUT2D eigenvalue weighted by molar-refractivity contribution is 5.99. The largest absolute Gasteiger partial charge is 0.496 e. The SMILES string of the molecule is CCCCCCCCCOC(=O)C(NC(=O)c1ccccc1OC)C(C)C. The second-order valence-electron chi connectivity index (χ2n) is 7.18. The highest BCUT2D eigenvalue weighted by atomic mass is 16.5. The van der Waals surface area contributed by atoms with Crippen molar-refractivity contribution in [2.75, 3.05) is 13.7 Å². The van der Waals surface area contributed by atoms with Crippen molar-refractivity contribution < 1.29 is 19.1 Å². The number of ether oxygens (including phenoxy) is 2. The molecule has 1 unspecified atom stereocenters. The van der Waals surface area contributed by atoms with Crippen LogP contribution in [0.25, 0.3) is 0 Å². The summed E-state index contributed by atoms with van der Waals surface area (Å²) < 4.78 is 10.6. The van der Waals surface area contributed by atoms with E-state index in [9.17, 15) is 9.59 Å². The van der Waals surface area contributed by atoms with Gasteiger partial charge in [-0.15, -0.1) is 0 Å². The van der Waals surface area contributed by atoms with Crippen LogP contribution in [0, 0.1) is 5.92 Å². The molecule has 1 aromatic rings. The van der Waals surface area contributed by atoms with E-state index >= 15 is 0 Å². The molecule has 0 aliphatic heterocycles. The molecule has 0 aromatic heterocycles. The summed E-state index contributed by atoms with van der Waals surface area (Å²) in [5.74, 6) is -0.294. The van der Waals surface area contributed by atoms with Gasteiger partial charge in [0.15, 0.2) is 0 Å². The monoisotopic (exact) mass is 377 g/mol. The fourth-order valence-corrected chi connectivity index (χ4v) is 2.87. The average molecular weight is 378 g/mol. The number of nitrogens with one attached hydrogen (secondary N) is 1. The fourth-order valence-electron chi connectivity index (χ4n) is 2.87. The standard InChI is InChI=1S/C22H35NO4/c1-5-6-7-8-9-10-13-16-27-22(25)20(17(2)3)23-21(24)18-14-11-12-15-19(18)26-4/h11-12,14-15,17,20H,5-10,13,16H2,1-4H3,(H,23,24). The first-order valence-corrected chi connectivity index (χ1v) is 10.1. The minimum absolute atomic E-state index is 0.0646. The second kappa shape index (κ2) is 13.2. The highest BCUT2D eigenvalue weighted by Gasteiger charge is 2.27. The lowest BCUT2D eigenvalue weighted by Gasteiger charge is -2.21. The summed E-state index contributed by atoms with van der Waals surface area (Å²) in [6.07, 6.45) is 8.16. The number of carbonyl (C=O) groups excluding carboxylic acids is 2. The molecule has 0 saturated heterocycles. The van der Waals surface area contributed by atoms with Crippen LogP contribution in [0.3, 0.4) is 0 Å². The molecule has 1 rings (SSSR count). The van der Waals surface area contributed by atoms with E-state index in [1.165, 1.54) is 39.2 Å². The van der Waals surface area contributed by atoms with Crippen LogP contribution in [-0.4, -0.2) is 31.6 Å². The van der Waals surface area contributed by atoms with E-state index in [0.717, 1.165) is 12.8 Å². The molecule has 152 valence electrons. The molecule has 0 fully saturated rings. The normalized spacial score (nSPS) is 11.9. The zero-order chi connectivity index (χ0) is 20.1. The Morgan fingerprint density at radius 1 is 1.00 bits per heavy atom. The Balaban J connectivity index is 2.46. The first kappa shape index (κ1) is 23.0. The van der Waals surface area contributed by atoms with E-state index in [1.807, 2.05) is 13.8 Å². The van der Waals surface area contributed by atoms with Gasteiger partial charge in [0, 0.05) is 0 Å². The van der Waals surface area contributed by atoms with E-state index in [1.54, 1.807) is 24.3 Å². The number of hydrogen-bond donors (Lipinski definition) is 1. The van der Waals surface area contributed by atoms with E-state index in [-0.39, 0.29) is 17.8 Å². The molecule has 0 radical (unpaired) electrons. The summed E-state index contributed by atoms with van der Waals surface area (Å²) in [6.45, 7) is 6.39. The topological polar surface area (TPSA) is 64.6 Å². The predicted octanol–water partition coefficient (Wildman–Crippen LogP) is 4.74. The number of unbranched alkanes of at least 4 members (excludes halogenated alkanes) is 6. The van der Waals surface area contributed by atoms with Crippen molar-refractivity contribution in [3.05, 3.63) is 29.8 Å². The quantitative estimate of drug-likeness (QED) is 0.398.